The molecule has 4 heteroatoms. The van der Waals surface area contributed by atoms with Crippen molar-refractivity contribution in [2.75, 3.05) is 0 Å². The first-order valence-electron chi connectivity index (χ1n) is 3.92. The van der Waals surface area contributed by atoms with Gasteiger partial charge in [-0.3, -0.25) is 10.2 Å². The largest absolute Gasteiger partial charge is 0.293 e. The maximum atomic E-state index is 10.8. The maximum Gasteiger partial charge on any atom is 0.293 e. The van der Waals surface area contributed by atoms with Crippen LogP contribution in [0.25, 0.3) is 0 Å². The van der Waals surface area contributed by atoms with E-state index in [-0.39, 0.29) is 5.24 Å². The number of carbonyl (C=O) groups is 1. The Labute approximate surface area is 81.7 Å². The minimum atomic E-state index is -0.205. The van der Waals surface area contributed by atoms with Crippen LogP contribution in [0.4, 0.5) is 4.79 Å². The molecule has 0 aliphatic heterocycles. The Bertz CT molecular complexity index is 301. The van der Waals surface area contributed by atoms with Crippen molar-refractivity contribution in [1.82, 2.24) is 5.43 Å². The zero-order valence-electron chi connectivity index (χ0n) is 7.41. The number of amides is 1. The first-order valence-corrected chi connectivity index (χ1v) is 4.90. The van der Waals surface area contributed by atoms with Gasteiger partial charge in [0.1, 0.15) is 0 Å². The van der Waals surface area contributed by atoms with E-state index in [1.807, 2.05) is 31.2 Å². The predicted octanol–water partition coefficient (Wildman–Crippen LogP) is 1.81. The molecule has 0 saturated carbocycles. The molecule has 0 aromatic heterocycles. The van der Waals surface area contributed by atoms with Gasteiger partial charge in [-0.05, 0) is 18.1 Å². The highest BCUT2D eigenvalue weighted by Crippen LogP contribution is 2.15. The molecule has 1 amide bonds. The van der Waals surface area contributed by atoms with Gasteiger partial charge >= 0.3 is 0 Å². The van der Waals surface area contributed by atoms with E-state index in [2.05, 4.69) is 5.43 Å². The van der Waals surface area contributed by atoms with E-state index in [0.717, 1.165) is 5.56 Å². The van der Waals surface area contributed by atoms with Gasteiger partial charge in [-0.2, -0.15) is 0 Å². The van der Waals surface area contributed by atoms with Gasteiger partial charge < -0.3 is 0 Å². The Morgan fingerprint density at radius 3 is 2.85 bits per heavy atom. The highest BCUT2D eigenvalue weighted by molar-refractivity contribution is 8.12. The molecule has 1 aromatic rings. The molecule has 0 spiro atoms. The molecule has 0 saturated heterocycles. The third-order valence-electron chi connectivity index (χ3n) is 1.74. The van der Waals surface area contributed by atoms with Gasteiger partial charge in [0.2, 0.25) is 0 Å². The first kappa shape index (κ1) is 10.1. The summed E-state index contributed by atoms with van der Waals surface area (Å²) in [4.78, 5) is 10.8. The summed E-state index contributed by atoms with van der Waals surface area (Å²) in [5, 5.41) is -0.205. The van der Waals surface area contributed by atoms with E-state index >= 15 is 0 Å². The van der Waals surface area contributed by atoms with Gasteiger partial charge in [0.15, 0.2) is 0 Å². The quantitative estimate of drug-likeness (QED) is 0.431. The van der Waals surface area contributed by atoms with Gasteiger partial charge in [0.25, 0.3) is 5.24 Å². The Morgan fingerprint density at radius 1 is 1.54 bits per heavy atom. The van der Waals surface area contributed by atoms with Crippen molar-refractivity contribution in [3.05, 3.63) is 35.4 Å². The summed E-state index contributed by atoms with van der Waals surface area (Å²) in [5.74, 6) is 5.62. The lowest BCUT2D eigenvalue weighted by Crippen LogP contribution is -2.25. The maximum absolute atomic E-state index is 10.8. The van der Waals surface area contributed by atoms with E-state index in [1.54, 1.807) is 0 Å². The molecule has 3 N–H and O–H groups in total. The average molecular weight is 196 g/mol. The van der Waals surface area contributed by atoms with Crippen molar-refractivity contribution in [3.8, 4) is 0 Å². The van der Waals surface area contributed by atoms with Crippen molar-refractivity contribution in [2.24, 2.45) is 5.84 Å². The predicted molar refractivity (Wildman–Crippen MR) is 55.2 cm³/mol. The van der Waals surface area contributed by atoms with Gasteiger partial charge in [-0.25, -0.2) is 5.84 Å². The van der Waals surface area contributed by atoms with Crippen LogP contribution < -0.4 is 11.3 Å². The lowest BCUT2D eigenvalue weighted by Gasteiger charge is -2.03. The molecule has 0 aliphatic carbocycles. The molecular weight excluding hydrogens is 184 g/mol. The number of nitrogens with two attached hydrogens (primary N) is 1. The molecule has 0 atom stereocenters. The van der Waals surface area contributed by atoms with Crippen molar-refractivity contribution in [1.29, 1.82) is 0 Å². The normalized spacial score (nSPS) is 9.69. The number of nitrogens with one attached hydrogen (secondary N) is 1. The summed E-state index contributed by atoms with van der Waals surface area (Å²) in [7, 11) is 0. The average Bonchev–Trinajstić information content (AvgIpc) is 2.16. The van der Waals surface area contributed by atoms with Crippen LogP contribution in [-0.2, 0) is 5.75 Å². The molecule has 1 rings (SSSR count). The monoisotopic (exact) mass is 196 g/mol. The van der Waals surface area contributed by atoms with Gasteiger partial charge in [0, 0.05) is 5.75 Å². The van der Waals surface area contributed by atoms with Crippen LogP contribution in [0.3, 0.4) is 0 Å². The smallest absolute Gasteiger partial charge is 0.285 e. The molecule has 0 aliphatic rings. The number of benzene rings is 1. The Morgan fingerprint density at radius 2 is 2.23 bits per heavy atom. The summed E-state index contributed by atoms with van der Waals surface area (Å²) in [6, 6.07) is 7.97. The molecule has 0 bridgehead atoms. The summed E-state index contributed by atoms with van der Waals surface area (Å²) < 4.78 is 0. The highest BCUT2D eigenvalue weighted by atomic mass is 32.2. The van der Waals surface area contributed by atoms with E-state index < -0.39 is 0 Å². The van der Waals surface area contributed by atoms with Crippen molar-refractivity contribution < 1.29 is 4.79 Å². The second-order valence-corrected chi connectivity index (χ2v) is 3.60. The number of hydrogen-bond acceptors (Lipinski definition) is 3. The fraction of sp³-hybridized carbons (Fsp3) is 0.222. The summed E-state index contributed by atoms with van der Waals surface area (Å²) in [6.45, 7) is 2.02. The third kappa shape index (κ3) is 3.08. The van der Waals surface area contributed by atoms with E-state index in [1.165, 1.54) is 17.3 Å². The van der Waals surface area contributed by atoms with Crippen molar-refractivity contribution >= 4 is 17.0 Å². The minimum Gasteiger partial charge on any atom is -0.285 e. The molecule has 70 valence electrons. The second kappa shape index (κ2) is 4.89. The Hall–Kier alpha value is -1.00. The number of carbonyl (C=O) groups excluding carboxylic acids is 1. The zero-order valence-corrected chi connectivity index (χ0v) is 8.23. The van der Waals surface area contributed by atoms with Crippen molar-refractivity contribution in [3.63, 3.8) is 0 Å². The second-order valence-electron chi connectivity index (χ2n) is 2.65. The minimum absolute atomic E-state index is 0.205. The topological polar surface area (TPSA) is 55.1 Å². The van der Waals surface area contributed by atoms with E-state index in [9.17, 15) is 4.79 Å². The number of thioether (sulfide) groups is 1. The lowest BCUT2D eigenvalue weighted by atomic mass is 10.1. The van der Waals surface area contributed by atoms with Crippen LogP contribution in [-0.4, -0.2) is 5.24 Å². The fourth-order valence-corrected chi connectivity index (χ4v) is 1.65. The van der Waals surface area contributed by atoms with Crippen LogP contribution >= 0.6 is 11.8 Å². The van der Waals surface area contributed by atoms with Crippen LogP contribution in [0.5, 0.6) is 0 Å². The summed E-state index contributed by atoms with van der Waals surface area (Å²) in [5.41, 5.74) is 4.44. The molecule has 3 nitrogen and oxygen atoms in total. The number of hydrazine groups is 1. The van der Waals surface area contributed by atoms with Gasteiger partial charge in [-0.15, -0.1) is 0 Å². The van der Waals surface area contributed by atoms with E-state index in [4.69, 9.17) is 5.84 Å². The standard InChI is InChI=1S/C9H12N2OS/c1-7-4-2-3-5-8(7)6-13-9(12)11-10/h2-5H,6,10H2,1H3,(H,11,12). The third-order valence-corrected chi connectivity index (χ3v) is 2.57. The van der Waals surface area contributed by atoms with Crippen LogP contribution in [0.1, 0.15) is 11.1 Å². The molecule has 0 radical (unpaired) electrons. The number of hydrogen-bond donors (Lipinski definition) is 2. The lowest BCUT2D eigenvalue weighted by molar-refractivity contribution is 0.261. The van der Waals surface area contributed by atoms with Crippen LogP contribution in [0.2, 0.25) is 0 Å². The molecule has 13 heavy (non-hydrogen) atoms. The summed E-state index contributed by atoms with van der Waals surface area (Å²) >= 11 is 1.17. The summed E-state index contributed by atoms with van der Waals surface area (Å²) in [6.07, 6.45) is 0. The zero-order chi connectivity index (χ0) is 9.68. The molecule has 0 unspecified atom stereocenters. The fourth-order valence-electron chi connectivity index (χ4n) is 0.957. The molecular formula is C9H12N2OS. The van der Waals surface area contributed by atoms with Gasteiger partial charge in [-0.1, -0.05) is 36.0 Å². The Balaban J connectivity index is 2.54. The van der Waals surface area contributed by atoms with Crippen LogP contribution in [0.15, 0.2) is 24.3 Å². The number of rotatable bonds is 2. The first-order chi connectivity index (χ1) is 6.24. The highest BCUT2D eigenvalue weighted by Gasteiger charge is 2.01. The van der Waals surface area contributed by atoms with Crippen LogP contribution in [0, 0.1) is 6.92 Å². The SMILES string of the molecule is Cc1ccccc1CSC(=O)NN. The molecule has 0 fully saturated rings. The van der Waals surface area contributed by atoms with Gasteiger partial charge in [0.05, 0.1) is 0 Å². The molecule has 0 heterocycles. The number of aryl methyl sites for hydroxylation is 1. The Kier molecular flexibility index (Phi) is 3.79. The van der Waals surface area contributed by atoms with Crippen molar-refractivity contribution in [2.45, 2.75) is 12.7 Å². The molecule has 1 aromatic carbocycles. The van der Waals surface area contributed by atoms with E-state index in [0.29, 0.717) is 5.75 Å².